The Bertz CT molecular complexity index is 209. The number of aliphatic hydroxyl groups is 2. The van der Waals surface area contributed by atoms with Gasteiger partial charge in [-0.05, 0) is 6.92 Å². The van der Waals surface area contributed by atoms with Gasteiger partial charge in [0.05, 0.1) is 18.8 Å². The summed E-state index contributed by atoms with van der Waals surface area (Å²) in [5.41, 5.74) is 0. The third-order valence-electron chi connectivity index (χ3n) is 2.45. The maximum atomic E-state index is 11.1. The third kappa shape index (κ3) is 2.43. The molecular weight excluding hydrogens is 186 g/mol. The highest BCUT2D eigenvalue weighted by Gasteiger charge is 2.36. The summed E-state index contributed by atoms with van der Waals surface area (Å²) in [6.45, 7) is 3.65. The molecule has 0 aromatic heterocycles. The molecule has 1 amide bonds. The van der Waals surface area contributed by atoms with Crippen LogP contribution in [0.15, 0.2) is 0 Å². The Balaban J connectivity index is 2.50. The fourth-order valence-corrected chi connectivity index (χ4v) is 1.40. The largest absolute Gasteiger partial charge is 0.388 e. The summed E-state index contributed by atoms with van der Waals surface area (Å²) >= 11 is 0. The SMILES string of the molecule is CCC(=O)N[C@@H]1CO[C@H](C)[C@H](O)[C@@H]1O. The summed E-state index contributed by atoms with van der Waals surface area (Å²) in [6.07, 6.45) is -1.92. The van der Waals surface area contributed by atoms with Gasteiger partial charge in [0.25, 0.3) is 0 Å². The lowest BCUT2D eigenvalue weighted by Crippen LogP contribution is -2.58. The molecule has 0 radical (unpaired) electrons. The minimum absolute atomic E-state index is 0.153. The average Bonchev–Trinajstić information content (AvgIpc) is 2.19. The summed E-state index contributed by atoms with van der Waals surface area (Å²) in [5.74, 6) is -0.153. The minimum Gasteiger partial charge on any atom is -0.388 e. The van der Waals surface area contributed by atoms with E-state index in [1.54, 1.807) is 13.8 Å². The molecule has 1 rings (SSSR count). The van der Waals surface area contributed by atoms with Gasteiger partial charge in [-0.15, -0.1) is 0 Å². The number of rotatable bonds is 2. The Hall–Kier alpha value is -0.650. The molecule has 1 saturated heterocycles. The Labute approximate surface area is 83.1 Å². The molecule has 14 heavy (non-hydrogen) atoms. The number of hydrogen-bond donors (Lipinski definition) is 3. The van der Waals surface area contributed by atoms with Gasteiger partial charge >= 0.3 is 0 Å². The van der Waals surface area contributed by atoms with E-state index in [2.05, 4.69) is 5.32 Å². The predicted molar refractivity (Wildman–Crippen MR) is 49.6 cm³/mol. The maximum Gasteiger partial charge on any atom is 0.220 e. The second-order valence-electron chi connectivity index (χ2n) is 3.55. The van der Waals surface area contributed by atoms with E-state index < -0.39 is 18.2 Å². The van der Waals surface area contributed by atoms with Gasteiger partial charge in [0.15, 0.2) is 0 Å². The normalized spacial score (nSPS) is 38.0. The minimum atomic E-state index is -0.950. The van der Waals surface area contributed by atoms with Gasteiger partial charge in [-0.25, -0.2) is 0 Å². The monoisotopic (exact) mass is 203 g/mol. The molecule has 1 aliphatic rings. The molecule has 0 bridgehead atoms. The fraction of sp³-hybridized carbons (Fsp3) is 0.889. The molecule has 0 aromatic rings. The van der Waals surface area contributed by atoms with Crippen molar-refractivity contribution in [1.82, 2.24) is 5.32 Å². The highest BCUT2D eigenvalue weighted by molar-refractivity contribution is 5.75. The summed E-state index contributed by atoms with van der Waals surface area (Å²) in [5, 5.41) is 21.7. The molecule has 4 atom stereocenters. The van der Waals surface area contributed by atoms with Crippen molar-refractivity contribution in [3.63, 3.8) is 0 Å². The van der Waals surface area contributed by atoms with Gasteiger partial charge in [-0.1, -0.05) is 6.92 Å². The number of carbonyl (C=O) groups excluding carboxylic acids is 1. The van der Waals surface area contributed by atoms with Crippen molar-refractivity contribution < 1.29 is 19.7 Å². The molecule has 3 N–H and O–H groups in total. The van der Waals surface area contributed by atoms with Crippen LogP contribution in [0.5, 0.6) is 0 Å². The van der Waals surface area contributed by atoms with E-state index in [-0.39, 0.29) is 18.6 Å². The number of ether oxygens (including phenoxy) is 1. The first-order chi connectivity index (χ1) is 6.56. The molecule has 1 aliphatic heterocycles. The second kappa shape index (κ2) is 4.72. The van der Waals surface area contributed by atoms with E-state index in [1.807, 2.05) is 0 Å². The molecule has 1 fully saturated rings. The highest BCUT2D eigenvalue weighted by atomic mass is 16.5. The van der Waals surface area contributed by atoms with Crippen molar-refractivity contribution in [1.29, 1.82) is 0 Å². The van der Waals surface area contributed by atoms with Crippen LogP contribution in [0.2, 0.25) is 0 Å². The van der Waals surface area contributed by atoms with Gasteiger partial charge in [0.2, 0.25) is 5.91 Å². The number of aliphatic hydroxyl groups excluding tert-OH is 2. The van der Waals surface area contributed by atoms with Crippen molar-refractivity contribution >= 4 is 5.91 Å². The van der Waals surface area contributed by atoms with E-state index in [4.69, 9.17) is 4.74 Å². The van der Waals surface area contributed by atoms with Crippen molar-refractivity contribution in [2.75, 3.05) is 6.61 Å². The number of nitrogens with one attached hydrogen (secondary N) is 1. The zero-order valence-corrected chi connectivity index (χ0v) is 8.43. The van der Waals surface area contributed by atoms with Crippen LogP contribution in [-0.4, -0.2) is 47.1 Å². The molecule has 1 heterocycles. The van der Waals surface area contributed by atoms with Crippen molar-refractivity contribution in [2.45, 2.75) is 44.6 Å². The third-order valence-corrected chi connectivity index (χ3v) is 2.45. The Morgan fingerprint density at radius 2 is 2.14 bits per heavy atom. The van der Waals surface area contributed by atoms with Gasteiger partial charge in [0, 0.05) is 6.42 Å². The van der Waals surface area contributed by atoms with Gasteiger partial charge in [0.1, 0.15) is 12.2 Å². The molecule has 5 heteroatoms. The molecule has 82 valence electrons. The van der Waals surface area contributed by atoms with Gasteiger partial charge in [-0.3, -0.25) is 4.79 Å². The van der Waals surface area contributed by atoms with Crippen LogP contribution in [0.1, 0.15) is 20.3 Å². The predicted octanol–water partition coefficient (Wildman–Crippen LogP) is -0.978. The van der Waals surface area contributed by atoms with E-state index in [0.29, 0.717) is 6.42 Å². The molecule has 0 spiro atoms. The quantitative estimate of drug-likeness (QED) is 0.539. The molecule has 0 aliphatic carbocycles. The summed E-state index contributed by atoms with van der Waals surface area (Å²) in [7, 11) is 0. The Morgan fingerprint density at radius 3 is 2.71 bits per heavy atom. The van der Waals surface area contributed by atoms with E-state index in [0.717, 1.165) is 0 Å². The first kappa shape index (κ1) is 11.4. The molecule has 0 unspecified atom stereocenters. The first-order valence-electron chi connectivity index (χ1n) is 4.83. The Kier molecular flexibility index (Phi) is 3.86. The van der Waals surface area contributed by atoms with Crippen LogP contribution >= 0.6 is 0 Å². The van der Waals surface area contributed by atoms with E-state index >= 15 is 0 Å². The van der Waals surface area contributed by atoms with E-state index in [1.165, 1.54) is 0 Å². The topological polar surface area (TPSA) is 78.8 Å². The van der Waals surface area contributed by atoms with Crippen LogP contribution in [0.4, 0.5) is 0 Å². The van der Waals surface area contributed by atoms with E-state index in [9.17, 15) is 15.0 Å². The van der Waals surface area contributed by atoms with Crippen molar-refractivity contribution in [3.05, 3.63) is 0 Å². The molecule has 0 saturated carbocycles. The zero-order valence-electron chi connectivity index (χ0n) is 8.43. The van der Waals surface area contributed by atoms with Crippen molar-refractivity contribution in [2.24, 2.45) is 0 Å². The second-order valence-corrected chi connectivity index (χ2v) is 3.55. The lowest BCUT2D eigenvalue weighted by molar-refractivity contribution is -0.150. The van der Waals surface area contributed by atoms with Crippen LogP contribution in [0, 0.1) is 0 Å². The molecule has 5 nitrogen and oxygen atoms in total. The van der Waals surface area contributed by atoms with Crippen LogP contribution in [0.25, 0.3) is 0 Å². The van der Waals surface area contributed by atoms with Crippen LogP contribution < -0.4 is 5.32 Å². The van der Waals surface area contributed by atoms with Crippen LogP contribution in [0.3, 0.4) is 0 Å². The number of carbonyl (C=O) groups is 1. The lowest BCUT2D eigenvalue weighted by Gasteiger charge is -2.36. The maximum absolute atomic E-state index is 11.1. The summed E-state index contributed by atoms with van der Waals surface area (Å²) < 4.78 is 5.19. The fourth-order valence-electron chi connectivity index (χ4n) is 1.40. The van der Waals surface area contributed by atoms with Crippen molar-refractivity contribution in [3.8, 4) is 0 Å². The summed E-state index contributed by atoms with van der Waals surface area (Å²) in [6, 6.07) is -0.506. The Morgan fingerprint density at radius 1 is 1.50 bits per heavy atom. The zero-order chi connectivity index (χ0) is 10.7. The molecule has 0 aromatic carbocycles. The van der Waals surface area contributed by atoms with Gasteiger partial charge in [-0.2, -0.15) is 0 Å². The smallest absolute Gasteiger partial charge is 0.220 e. The summed E-state index contributed by atoms with van der Waals surface area (Å²) in [4.78, 5) is 11.1. The van der Waals surface area contributed by atoms with Gasteiger partial charge < -0.3 is 20.3 Å². The average molecular weight is 203 g/mol. The lowest BCUT2D eigenvalue weighted by atomic mass is 9.99. The standard InChI is InChI=1S/C9H17NO4/c1-3-7(11)10-6-4-14-5(2)8(12)9(6)13/h5-6,8-9,12-13H,3-4H2,1-2H3,(H,10,11)/t5-,6-,8+,9-/m1/s1. The first-order valence-corrected chi connectivity index (χ1v) is 4.83. The van der Waals surface area contributed by atoms with Crippen LogP contribution in [-0.2, 0) is 9.53 Å². The number of hydrogen-bond acceptors (Lipinski definition) is 4. The molecular formula is C9H17NO4. The highest BCUT2D eigenvalue weighted by Crippen LogP contribution is 2.14. The number of amides is 1.